The summed E-state index contributed by atoms with van der Waals surface area (Å²) in [5.74, 6) is 2.59. The molecule has 0 spiro atoms. The summed E-state index contributed by atoms with van der Waals surface area (Å²) in [4.78, 5) is 15.1. The Bertz CT molecular complexity index is 338. The third-order valence-electron chi connectivity index (χ3n) is 5.99. The van der Waals surface area contributed by atoms with Gasteiger partial charge >= 0.3 is 0 Å². The van der Waals surface area contributed by atoms with Crippen LogP contribution in [-0.2, 0) is 4.79 Å². The minimum atomic E-state index is 0.329. The van der Waals surface area contributed by atoms with Crippen LogP contribution in [0.5, 0.6) is 0 Å². The van der Waals surface area contributed by atoms with Gasteiger partial charge in [0.15, 0.2) is 0 Å². The van der Waals surface area contributed by atoms with Gasteiger partial charge in [-0.15, -0.1) is 0 Å². The van der Waals surface area contributed by atoms with E-state index < -0.39 is 0 Å². The van der Waals surface area contributed by atoms with Crippen LogP contribution in [0.1, 0.15) is 58.3 Å². The molecule has 20 heavy (non-hydrogen) atoms. The second-order valence-corrected chi connectivity index (χ2v) is 7.09. The largest absolute Gasteiger partial charge is 0.338 e. The highest BCUT2D eigenvalue weighted by molar-refractivity contribution is 5.79. The first-order valence-electron chi connectivity index (χ1n) is 8.80. The van der Waals surface area contributed by atoms with Crippen LogP contribution in [0.3, 0.4) is 0 Å². The molecule has 0 bridgehead atoms. The van der Waals surface area contributed by atoms with E-state index in [2.05, 4.69) is 17.1 Å². The van der Waals surface area contributed by atoms with Crippen molar-refractivity contribution in [2.75, 3.05) is 19.6 Å². The second-order valence-electron chi connectivity index (χ2n) is 7.09. The van der Waals surface area contributed by atoms with Crippen LogP contribution in [0.4, 0.5) is 0 Å². The van der Waals surface area contributed by atoms with Crippen molar-refractivity contribution in [2.45, 2.75) is 64.3 Å². The van der Waals surface area contributed by atoms with Crippen molar-refractivity contribution in [3.63, 3.8) is 0 Å². The van der Waals surface area contributed by atoms with Gasteiger partial charge in [-0.05, 0) is 51.0 Å². The van der Waals surface area contributed by atoms with Gasteiger partial charge in [-0.3, -0.25) is 4.79 Å². The maximum atomic E-state index is 12.9. The molecule has 0 aromatic rings. The maximum Gasteiger partial charge on any atom is 0.225 e. The van der Waals surface area contributed by atoms with Crippen molar-refractivity contribution >= 4 is 5.91 Å². The topological polar surface area (TPSA) is 32.3 Å². The molecule has 2 saturated carbocycles. The van der Waals surface area contributed by atoms with E-state index >= 15 is 0 Å². The number of carbonyl (C=O) groups excluding carboxylic acids is 1. The molecule has 114 valence electrons. The summed E-state index contributed by atoms with van der Waals surface area (Å²) in [5.41, 5.74) is 0. The highest BCUT2D eigenvalue weighted by Crippen LogP contribution is 2.43. The lowest BCUT2D eigenvalue weighted by atomic mass is 9.67. The number of amides is 1. The molecular formula is C17H30N2O. The summed E-state index contributed by atoms with van der Waals surface area (Å²) < 4.78 is 0. The van der Waals surface area contributed by atoms with Gasteiger partial charge in [-0.1, -0.05) is 25.7 Å². The summed E-state index contributed by atoms with van der Waals surface area (Å²) >= 11 is 0. The fourth-order valence-corrected chi connectivity index (χ4v) is 4.83. The fraction of sp³-hybridized carbons (Fsp3) is 0.941. The number of carbonyl (C=O) groups is 1. The smallest absolute Gasteiger partial charge is 0.225 e. The highest BCUT2D eigenvalue weighted by Gasteiger charge is 2.37. The molecule has 3 nitrogen and oxygen atoms in total. The fourth-order valence-electron chi connectivity index (χ4n) is 4.83. The summed E-state index contributed by atoms with van der Waals surface area (Å²) in [6.45, 7) is 5.10. The molecule has 3 heteroatoms. The summed E-state index contributed by atoms with van der Waals surface area (Å²) in [6, 6.07) is 0.455. The molecular weight excluding hydrogens is 248 g/mol. The van der Waals surface area contributed by atoms with Gasteiger partial charge in [-0.2, -0.15) is 0 Å². The summed E-state index contributed by atoms with van der Waals surface area (Å²) in [5, 5.41) is 3.40. The molecule has 1 amide bonds. The molecule has 0 radical (unpaired) electrons. The van der Waals surface area contributed by atoms with Crippen LogP contribution in [0.25, 0.3) is 0 Å². The first-order valence-corrected chi connectivity index (χ1v) is 8.80. The maximum absolute atomic E-state index is 12.9. The molecule has 2 aliphatic carbocycles. The first-order chi connectivity index (χ1) is 9.79. The van der Waals surface area contributed by atoms with Gasteiger partial charge in [0.1, 0.15) is 0 Å². The molecule has 3 fully saturated rings. The second kappa shape index (κ2) is 6.46. The minimum absolute atomic E-state index is 0.329. The number of rotatable bonds is 3. The van der Waals surface area contributed by atoms with Crippen molar-refractivity contribution in [2.24, 2.45) is 17.8 Å². The third-order valence-corrected chi connectivity index (χ3v) is 5.99. The Balaban J connectivity index is 1.61. The van der Waals surface area contributed by atoms with Gasteiger partial charge in [0.05, 0.1) is 0 Å². The van der Waals surface area contributed by atoms with E-state index in [9.17, 15) is 4.79 Å². The number of hydrogen-bond donors (Lipinski definition) is 1. The van der Waals surface area contributed by atoms with Gasteiger partial charge < -0.3 is 10.2 Å². The number of nitrogens with zero attached hydrogens (tertiary/aromatic N) is 1. The average Bonchev–Trinajstić information content (AvgIpc) is 3.01. The summed E-state index contributed by atoms with van der Waals surface area (Å²) in [6.07, 6.45) is 10.4. The number of likely N-dealkylation sites (N-methyl/N-ethyl adjacent to an activating group) is 1. The predicted octanol–water partition coefficient (Wildman–Crippen LogP) is 2.80. The van der Waals surface area contributed by atoms with Crippen molar-refractivity contribution in [1.29, 1.82) is 0 Å². The lowest BCUT2D eigenvalue weighted by Crippen LogP contribution is -2.46. The van der Waals surface area contributed by atoms with E-state index in [1.807, 2.05) is 0 Å². The molecule has 1 aliphatic heterocycles. The Morgan fingerprint density at radius 2 is 1.90 bits per heavy atom. The molecule has 4 unspecified atom stereocenters. The number of nitrogens with one attached hydrogen (secondary N) is 1. The first kappa shape index (κ1) is 14.4. The van der Waals surface area contributed by atoms with Crippen LogP contribution in [0.15, 0.2) is 0 Å². The molecule has 1 heterocycles. The lowest BCUT2D eigenvalue weighted by molar-refractivity contribution is -0.139. The molecule has 3 aliphatic rings. The van der Waals surface area contributed by atoms with Crippen LogP contribution >= 0.6 is 0 Å². The molecule has 0 aromatic heterocycles. The minimum Gasteiger partial charge on any atom is -0.338 e. The Morgan fingerprint density at radius 3 is 2.60 bits per heavy atom. The van der Waals surface area contributed by atoms with Gasteiger partial charge in [-0.25, -0.2) is 0 Å². The monoisotopic (exact) mass is 278 g/mol. The Kier molecular flexibility index (Phi) is 4.65. The Hall–Kier alpha value is -0.570. The average molecular weight is 278 g/mol. The molecule has 0 aromatic carbocycles. The number of fused-ring (bicyclic) bond motifs is 1. The quantitative estimate of drug-likeness (QED) is 0.861. The van der Waals surface area contributed by atoms with Crippen LogP contribution in [0.2, 0.25) is 0 Å². The van der Waals surface area contributed by atoms with E-state index in [1.54, 1.807) is 0 Å². The van der Waals surface area contributed by atoms with Crippen LogP contribution in [-0.4, -0.2) is 36.5 Å². The molecule has 1 N–H and O–H groups in total. The molecule has 3 rings (SSSR count). The third kappa shape index (κ3) is 2.88. The zero-order valence-corrected chi connectivity index (χ0v) is 12.9. The Labute approximate surface area is 123 Å². The van der Waals surface area contributed by atoms with E-state index in [0.717, 1.165) is 44.3 Å². The molecule has 4 atom stereocenters. The predicted molar refractivity (Wildman–Crippen MR) is 81.5 cm³/mol. The van der Waals surface area contributed by atoms with Crippen molar-refractivity contribution in [1.82, 2.24) is 10.2 Å². The van der Waals surface area contributed by atoms with Crippen molar-refractivity contribution in [3.8, 4) is 0 Å². The van der Waals surface area contributed by atoms with Gasteiger partial charge in [0.25, 0.3) is 0 Å². The van der Waals surface area contributed by atoms with Gasteiger partial charge in [0.2, 0.25) is 5.91 Å². The Morgan fingerprint density at radius 1 is 1.10 bits per heavy atom. The molecule has 1 saturated heterocycles. The summed E-state index contributed by atoms with van der Waals surface area (Å²) in [7, 11) is 0. The van der Waals surface area contributed by atoms with E-state index in [1.165, 1.54) is 38.5 Å². The SMILES string of the molecule is CCN(C(=O)C1CCC2CCCCC2C1)C1CCNC1. The zero-order valence-electron chi connectivity index (χ0n) is 12.9. The van der Waals surface area contributed by atoms with E-state index in [-0.39, 0.29) is 0 Å². The van der Waals surface area contributed by atoms with Gasteiger partial charge in [0, 0.05) is 25.0 Å². The normalized spacial score (nSPS) is 37.5. The zero-order chi connectivity index (χ0) is 13.9. The highest BCUT2D eigenvalue weighted by atomic mass is 16.2. The standard InChI is InChI=1S/C17H30N2O/c1-2-19(16-9-10-18-12-16)17(20)15-8-7-13-5-3-4-6-14(13)11-15/h13-16,18H,2-12H2,1H3. The van der Waals surface area contributed by atoms with E-state index in [4.69, 9.17) is 0 Å². The number of hydrogen-bond acceptors (Lipinski definition) is 2. The lowest BCUT2D eigenvalue weighted by Gasteiger charge is -2.41. The van der Waals surface area contributed by atoms with Crippen LogP contribution < -0.4 is 5.32 Å². The van der Waals surface area contributed by atoms with Crippen LogP contribution in [0, 0.1) is 17.8 Å². The van der Waals surface area contributed by atoms with E-state index in [0.29, 0.717) is 17.9 Å². The van der Waals surface area contributed by atoms with Crippen molar-refractivity contribution in [3.05, 3.63) is 0 Å². The van der Waals surface area contributed by atoms with Crippen molar-refractivity contribution < 1.29 is 4.79 Å².